The summed E-state index contributed by atoms with van der Waals surface area (Å²) in [6, 6.07) is 14.0. The molecule has 0 heterocycles. The topological polar surface area (TPSA) is 65.0 Å². The van der Waals surface area contributed by atoms with Crippen molar-refractivity contribution in [2.75, 3.05) is 19.8 Å². The summed E-state index contributed by atoms with van der Waals surface area (Å²) in [5.74, 6) is 1.01. The Morgan fingerprint density at radius 1 is 0.957 bits per heavy atom. The summed E-state index contributed by atoms with van der Waals surface area (Å²) in [6.07, 6.45) is 0.678. The maximum absolute atomic E-state index is 10.9. The largest absolute Gasteiger partial charge is 0.493 e. The van der Waals surface area contributed by atoms with Gasteiger partial charge in [0.1, 0.15) is 5.75 Å². The number of aromatic carboxylic acids is 1. The van der Waals surface area contributed by atoms with Crippen molar-refractivity contribution in [3.63, 3.8) is 0 Å². The van der Waals surface area contributed by atoms with Gasteiger partial charge in [0.15, 0.2) is 11.5 Å². The molecule has 0 amide bonds. The van der Waals surface area contributed by atoms with Crippen molar-refractivity contribution < 1.29 is 24.1 Å². The van der Waals surface area contributed by atoms with Gasteiger partial charge in [0.2, 0.25) is 0 Å². The van der Waals surface area contributed by atoms with E-state index < -0.39 is 5.97 Å². The molecule has 122 valence electrons. The summed E-state index contributed by atoms with van der Waals surface area (Å²) in [7, 11) is 0. The number of carboxylic acid groups (broad SMARTS) is 1. The number of para-hydroxylation sites is 2. The van der Waals surface area contributed by atoms with E-state index in [2.05, 4.69) is 0 Å². The van der Waals surface area contributed by atoms with Crippen molar-refractivity contribution >= 4 is 5.97 Å². The number of hydrogen-bond acceptors (Lipinski definition) is 4. The van der Waals surface area contributed by atoms with Crippen LogP contribution in [-0.2, 0) is 0 Å². The Balaban J connectivity index is 1.76. The molecule has 0 saturated carbocycles. The first-order valence-electron chi connectivity index (χ1n) is 7.51. The van der Waals surface area contributed by atoms with Gasteiger partial charge < -0.3 is 19.3 Å². The molecular weight excluding hydrogens is 296 g/mol. The molecule has 0 aliphatic carbocycles. The molecule has 0 aliphatic rings. The monoisotopic (exact) mass is 316 g/mol. The fourth-order valence-electron chi connectivity index (χ4n) is 1.99. The number of carbonyl (C=O) groups is 1. The van der Waals surface area contributed by atoms with Crippen LogP contribution in [0.2, 0.25) is 0 Å². The van der Waals surface area contributed by atoms with Gasteiger partial charge in [-0.3, -0.25) is 0 Å². The van der Waals surface area contributed by atoms with Crippen molar-refractivity contribution in [2.45, 2.75) is 13.3 Å². The second kappa shape index (κ2) is 8.68. The maximum Gasteiger partial charge on any atom is 0.335 e. The van der Waals surface area contributed by atoms with Gasteiger partial charge in [0.25, 0.3) is 0 Å². The molecule has 2 aromatic carbocycles. The van der Waals surface area contributed by atoms with E-state index in [1.54, 1.807) is 12.1 Å². The lowest BCUT2D eigenvalue weighted by atomic mass is 10.2. The highest BCUT2D eigenvalue weighted by Crippen LogP contribution is 2.26. The van der Waals surface area contributed by atoms with Crippen molar-refractivity contribution in [3.8, 4) is 17.2 Å². The highest BCUT2D eigenvalue weighted by molar-refractivity contribution is 5.87. The van der Waals surface area contributed by atoms with Gasteiger partial charge in [-0.1, -0.05) is 18.2 Å². The first-order valence-corrected chi connectivity index (χ1v) is 7.51. The lowest BCUT2D eigenvalue weighted by Gasteiger charge is -2.12. The van der Waals surface area contributed by atoms with Crippen LogP contribution in [0.25, 0.3) is 0 Å². The maximum atomic E-state index is 10.9. The van der Waals surface area contributed by atoms with E-state index in [1.807, 2.05) is 31.2 Å². The Labute approximate surface area is 135 Å². The van der Waals surface area contributed by atoms with E-state index in [1.165, 1.54) is 12.1 Å². The molecule has 0 fully saturated rings. The lowest BCUT2D eigenvalue weighted by Crippen LogP contribution is -2.06. The van der Waals surface area contributed by atoms with Crippen LogP contribution in [0.3, 0.4) is 0 Å². The summed E-state index contributed by atoms with van der Waals surface area (Å²) in [4.78, 5) is 10.9. The average Bonchev–Trinajstić information content (AvgIpc) is 2.56. The van der Waals surface area contributed by atoms with Gasteiger partial charge in [-0.05, 0) is 37.3 Å². The first kappa shape index (κ1) is 16.7. The smallest absolute Gasteiger partial charge is 0.335 e. The first-order chi connectivity index (χ1) is 11.2. The van der Waals surface area contributed by atoms with E-state index >= 15 is 0 Å². The second-order valence-corrected chi connectivity index (χ2v) is 4.76. The van der Waals surface area contributed by atoms with Crippen molar-refractivity contribution in [2.24, 2.45) is 0 Å². The summed E-state index contributed by atoms with van der Waals surface area (Å²) in [5.41, 5.74) is 0.212. The number of ether oxygens (including phenoxy) is 3. The van der Waals surface area contributed by atoms with Gasteiger partial charge in [-0.15, -0.1) is 0 Å². The van der Waals surface area contributed by atoms with E-state index in [0.717, 1.165) is 5.75 Å². The van der Waals surface area contributed by atoms with Gasteiger partial charge >= 0.3 is 5.97 Å². The third-order valence-corrected chi connectivity index (χ3v) is 3.04. The van der Waals surface area contributed by atoms with E-state index in [9.17, 15) is 4.79 Å². The third kappa shape index (κ3) is 5.21. The molecule has 0 unspecified atom stereocenters. The second-order valence-electron chi connectivity index (χ2n) is 4.76. The SMILES string of the molecule is CCOc1ccccc1OCCCOc1cccc(C(=O)O)c1. The summed E-state index contributed by atoms with van der Waals surface area (Å²) in [5, 5.41) is 8.93. The minimum atomic E-state index is -0.966. The Kier molecular flexibility index (Phi) is 6.29. The van der Waals surface area contributed by atoms with Crippen LogP contribution in [0.1, 0.15) is 23.7 Å². The quantitative estimate of drug-likeness (QED) is 0.716. The van der Waals surface area contributed by atoms with Crippen molar-refractivity contribution in [1.29, 1.82) is 0 Å². The van der Waals surface area contributed by atoms with Crippen molar-refractivity contribution in [1.82, 2.24) is 0 Å². The van der Waals surface area contributed by atoms with Crippen LogP contribution in [-0.4, -0.2) is 30.9 Å². The lowest BCUT2D eigenvalue weighted by molar-refractivity contribution is 0.0696. The Bertz CT molecular complexity index is 639. The molecule has 23 heavy (non-hydrogen) atoms. The van der Waals surface area contributed by atoms with Crippen LogP contribution in [0.5, 0.6) is 17.2 Å². The van der Waals surface area contributed by atoms with Gasteiger partial charge in [-0.2, -0.15) is 0 Å². The number of benzene rings is 2. The molecular formula is C18H20O5. The highest BCUT2D eigenvalue weighted by Gasteiger charge is 2.05. The summed E-state index contributed by atoms with van der Waals surface area (Å²) in [6.45, 7) is 3.45. The van der Waals surface area contributed by atoms with E-state index in [0.29, 0.717) is 37.7 Å². The fourth-order valence-corrected chi connectivity index (χ4v) is 1.99. The van der Waals surface area contributed by atoms with E-state index in [4.69, 9.17) is 19.3 Å². The fraction of sp³-hybridized carbons (Fsp3) is 0.278. The standard InChI is InChI=1S/C18H20O5/c1-2-21-16-9-3-4-10-17(16)23-12-6-11-22-15-8-5-7-14(13-15)18(19)20/h3-5,7-10,13H,2,6,11-12H2,1H3,(H,19,20). The summed E-state index contributed by atoms with van der Waals surface area (Å²) < 4.78 is 16.7. The molecule has 0 aromatic heterocycles. The van der Waals surface area contributed by atoms with Gasteiger partial charge in [-0.25, -0.2) is 4.79 Å². The average molecular weight is 316 g/mol. The molecule has 0 saturated heterocycles. The van der Waals surface area contributed by atoms with Crippen LogP contribution in [0.4, 0.5) is 0 Å². The molecule has 2 aromatic rings. The number of carboxylic acids is 1. The molecule has 0 bridgehead atoms. The van der Waals surface area contributed by atoms with Gasteiger partial charge in [0.05, 0.1) is 25.4 Å². The van der Waals surface area contributed by atoms with Crippen LogP contribution < -0.4 is 14.2 Å². The molecule has 5 nitrogen and oxygen atoms in total. The van der Waals surface area contributed by atoms with Crippen molar-refractivity contribution in [3.05, 3.63) is 54.1 Å². The molecule has 0 aliphatic heterocycles. The molecule has 0 spiro atoms. The molecule has 5 heteroatoms. The predicted molar refractivity (Wildman–Crippen MR) is 86.6 cm³/mol. The minimum Gasteiger partial charge on any atom is -0.493 e. The Hall–Kier alpha value is -2.69. The van der Waals surface area contributed by atoms with Gasteiger partial charge in [0, 0.05) is 6.42 Å². The zero-order valence-corrected chi connectivity index (χ0v) is 13.0. The predicted octanol–water partition coefficient (Wildman–Crippen LogP) is 3.63. The van der Waals surface area contributed by atoms with Crippen LogP contribution >= 0.6 is 0 Å². The van der Waals surface area contributed by atoms with Crippen LogP contribution in [0.15, 0.2) is 48.5 Å². The number of rotatable bonds is 9. The molecule has 2 rings (SSSR count). The van der Waals surface area contributed by atoms with E-state index in [-0.39, 0.29) is 5.56 Å². The number of hydrogen-bond donors (Lipinski definition) is 1. The Morgan fingerprint density at radius 3 is 2.35 bits per heavy atom. The third-order valence-electron chi connectivity index (χ3n) is 3.04. The summed E-state index contributed by atoms with van der Waals surface area (Å²) >= 11 is 0. The molecule has 0 atom stereocenters. The highest BCUT2D eigenvalue weighted by atomic mass is 16.5. The zero-order chi connectivity index (χ0) is 16.5. The molecule has 0 radical (unpaired) electrons. The van der Waals surface area contributed by atoms with Crippen LogP contribution in [0, 0.1) is 0 Å². The Morgan fingerprint density at radius 2 is 1.65 bits per heavy atom. The normalized spacial score (nSPS) is 10.1. The molecule has 1 N–H and O–H groups in total. The zero-order valence-electron chi connectivity index (χ0n) is 13.0. The minimum absolute atomic E-state index is 0.212.